The number of hydrogen-bond donors (Lipinski definition) is 0. The van der Waals surface area contributed by atoms with Crippen molar-refractivity contribution < 1.29 is 0 Å². The third kappa shape index (κ3) is 6.24. The van der Waals surface area contributed by atoms with E-state index < -0.39 is 0 Å². The molecule has 0 atom stereocenters. The van der Waals surface area contributed by atoms with Gasteiger partial charge in [0, 0.05) is 68.4 Å². The van der Waals surface area contributed by atoms with Crippen LogP contribution in [0.1, 0.15) is 0 Å². The maximum Gasteiger partial charge on any atom is 0.0996 e. The minimum atomic E-state index is 0.798. The van der Waals surface area contributed by atoms with Crippen molar-refractivity contribution in [3.8, 4) is 22.3 Å². The van der Waals surface area contributed by atoms with Crippen LogP contribution in [-0.4, -0.2) is 19.9 Å². The normalized spacial score (nSPS) is 11.3. The van der Waals surface area contributed by atoms with Crippen molar-refractivity contribution in [2.24, 2.45) is 0 Å². The first-order valence-corrected chi connectivity index (χ1v) is 20.1. The van der Waals surface area contributed by atoms with Crippen molar-refractivity contribution in [1.82, 2.24) is 19.9 Å². The smallest absolute Gasteiger partial charge is 0.0996 e. The molecule has 0 bridgehead atoms. The molecular weight excluding hydrogens is 733 g/mol. The first-order valence-electron chi connectivity index (χ1n) is 20.1. The zero-order chi connectivity index (χ0) is 39.8. The molecule has 0 aliphatic carbocycles. The molecule has 0 unspecified atom stereocenters. The molecule has 3 heterocycles. The molecule has 0 aliphatic heterocycles. The molecule has 0 spiro atoms. The number of rotatable bonds is 8. The number of nitrogens with zero attached hydrogens (tertiary/aromatic N) is 6. The minimum Gasteiger partial charge on any atom is -0.311 e. The molecule has 60 heavy (non-hydrogen) atoms. The summed E-state index contributed by atoms with van der Waals surface area (Å²) in [7, 11) is 0. The molecule has 6 heteroatoms. The number of anilines is 6. The third-order valence-electron chi connectivity index (χ3n) is 11.1. The largest absolute Gasteiger partial charge is 0.311 e. The van der Waals surface area contributed by atoms with Gasteiger partial charge in [0.25, 0.3) is 0 Å². The molecule has 0 N–H and O–H groups in total. The summed E-state index contributed by atoms with van der Waals surface area (Å²) in [6.45, 7) is 0. The van der Waals surface area contributed by atoms with Gasteiger partial charge in [0.05, 0.1) is 33.1 Å². The average Bonchev–Trinajstić information content (AvgIpc) is 3.33. The lowest BCUT2D eigenvalue weighted by atomic mass is 10.0. The standard InChI is InChI=1S/C54H36N6/c1-5-15-40(16-6-1)59(41-17-7-2-8-18-41)44-30-26-37(27-31-44)39-35-48-52(56-36-39)51-47(24-14-34-55-51)53-54(48)58-50-46(23-13-25-49(50)57-53)38-28-32-45(33-29-38)60(42-19-9-3-10-20-42)43-21-11-4-12-22-43/h1-36H. The fourth-order valence-corrected chi connectivity index (χ4v) is 8.26. The fraction of sp³-hybridized carbons (Fsp3) is 0. The number of hydrogen-bond acceptors (Lipinski definition) is 6. The van der Waals surface area contributed by atoms with Gasteiger partial charge in [-0.2, -0.15) is 0 Å². The highest BCUT2D eigenvalue weighted by Gasteiger charge is 2.19. The number of benzene rings is 8. The zero-order valence-electron chi connectivity index (χ0n) is 32.5. The van der Waals surface area contributed by atoms with Crippen molar-refractivity contribution in [1.29, 1.82) is 0 Å². The lowest BCUT2D eigenvalue weighted by Gasteiger charge is -2.25. The van der Waals surface area contributed by atoms with Gasteiger partial charge in [-0.05, 0) is 108 Å². The maximum absolute atomic E-state index is 5.48. The van der Waals surface area contributed by atoms with E-state index in [-0.39, 0.29) is 0 Å². The Morgan fingerprint density at radius 3 is 1.33 bits per heavy atom. The van der Waals surface area contributed by atoms with Crippen molar-refractivity contribution >= 4 is 78.0 Å². The second kappa shape index (κ2) is 14.9. The quantitative estimate of drug-likeness (QED) is 0.113. The monoisotopic (exact) mass is 768 g/mol. The highest BCUT2D eigenvalue weighted by atomic mass is 15.1. The van der Waals surface area contributed by atoms with Crippen molar-refractivity contribution in [2.75, 3.05) is 9.80 Å². The predicted molar refractivity (Wildman–Crippen MR) is 248 cm³/mol. The highest BCUT2D eigenvalue weighted by molar-refractivity contribution is 6.22. The van der Waals surface area contributed by atoms with Crippen LogP contribution in [0.2, 0.25) is 0 Å². The van der Waals surface area contributed by atoms with E-state index >= 15 is 0 Å². The van der Waals surface area contributed by atoms with Crippen molar-refractivity contribution in [2.45, 2.75) is 0 Å². The Balaban J connectivity index is 1.03. The van der Waals surface area contributed by atoms with E-state index in [4.69, 9.17) is 19.9 Å². The molecule has 8 aromatic carbocycles. The van der Waals surface area contributed by atoms with Crippen LogP contribution >= 0.6 is 0 Å². The van der Waals surface area contributed by atoms with Crippen LogP contribution < -0.4 is 9.80 Å². The molecule has 0 fully saturated rings. The van der Waals surface area contributed by atoms with Crippen LogP contribution in [0, 0.1) is 0 Å². The lowest BCUT2D eigenvalue weighted by Crippen LogP contribution is -2.09. The second-order valence-electron chi connectivity index (χ2n) is 14.7. The number of para-hydroxylation sites is 5. The molecule has 0 radical (unpaired) electrons. The summed E-state index contributed by atoms with van der Waals surface area (Å²) in [5.74, 6) is 0. The molecule has 11 aromatic rings. The molecular formula is C54H36N6. The van der Waals surface area contributed by atoms with Gasteiger partial charge in [-0.25, -0.2) is 9.97 Å². The van der Waals surface area contributed by atoms with Gasteiger partial charge in [0.2, 0.25) is 0 Å². The van der Waals surface area contributed by atoms with Gasteiger partial charge in [0.15, 0.2) is 0 Å². The Bertz CT molecular complexity index is 3210. The van der Waals surface area contributed by atoms with Gasteiger partial charge in [-0.3, -0.25) is 9.97 Å². The molecule has 6 nitrogen and oxygen atoms in total. The lowest BCUT2D eigenvalue weighted by molar-refractivity contribution is 1.28. The van der Waals surface area contributed by atoms with Gasteiger partial charge >= 0.3 is 0 Å². The topological polar surface area (TPSA) is 58.0 Å². The Labute approximate surface area is 347 Å². The van der Waals surface area contributed by atoms with Crippen LogP contribution in [0.25, 0.3) is 66.1 Å². The molecule has 282 valence electrons. The fourth-order valence-electron chi connectivity index (χ4n) is 8.26. The van der Waals surface area contributed by atoms with Gasteiger partial charge in [-0.15, -0.1) is 0 Å². The van der Waals surface area contributed by atoms with Gasteiger partial charge in [0.1, 0.15) is 0 Å². The summed E-state index contributed by atoms with van der Waals surface area (Å²) in [5, 5.41) is 1.84. The number of pyridine rings is 2. The van der Waals surface area contributed by atoms with Gasteiger partial charge < -0.3 is 9.80 Å². The summed E-state index contributed by atoms with van der Waals surface area (Å²) >= 11 is 0. The van der Waals surface area contributed by atoms with E-state index in [1.54, 1.807) is 0 Å². The first kappa shape index (κ1) is 35.0. The zero-order valence-corrected chi connectivity index (χ0v) is 32.5. The molecule has 0 saturated carbocycles. The second-order valence-corrected chi connectivity index (χ2v) is 14.7. The average molecular weight is 769 g/mol. The van der Waals surface area contributed by atoms with Crippen LogP contribution in [0.3, 0.4) is 0 Å². The molecule has 0 amide bonds. The SMILES string of the molecule is c1ccc(N(c2ccccc2)c2ccc(-c3cnc4c(c3)c3nc5c(-c6ccc(N(c7ccccc7)c7ccccc7)cc6)cccc5nc3c3cccnc34)cc2)cc1. The number of aromatic nitrogens is 4. The Hall–Kier alpha value is -8.22. The van der Waals surface area contributed by atoms with Gasteiger partial charge in [-0.1, -0.05) is 109 Å². The molecule has 0 aliphatic rings. The summed E-state index contributed by atoms with van der Waals surface area (Å²) < 4.78 is 0. The number of fused-ring (bicyclic) bond motifs is 7. The maximum atomic E-state index is 5.48. The van der Waals surface area contributed by atoms with E-state index in [0.717, 1.165) is 100 Å². The van der Waals surface area contributed by atoms with Crippen LogP contribution in [-0.2, 0) is 0 Å². The summed E-state index contributed by atoms with van der Waals surface area (Å²) in [4.78, 5) is 25.2. The summed E-state index contributed by atoms with van der Waals surface area (Å²) in [6, 6.07) is 71.7. The van der Waals surface area contributed by atoms with E-state index in [1.165, 1.54) is 0 Å². The van der Waals surface area contributed by atoms with Crippen molar-refractivity contribution in [3.05, 3.63) is 219 Å². The van der Waals surface area contributed by atoms with E-state index in [2.05, 4.69) is 180 Å². The Morgan fingerprint density at radius 2 is 0.783 bits per heavy atom. The van der Waals surface area contributed by atoms with E-state index in [9.17, 15) is 0 Å². The van der Waals surface area contributed by atoms with E-state index in [1.807, 2.05) is 48.8 Å². The van der Waals surface area contributed by atoms with Crippen LogP contribution in [0.5, 0.6) is 0 Å². The van der Waals surface area contributed by atoms with E-state index in [0.29, 0.717) is 0 Å². The Kier molecular flexibility index (Phi) is 8.71. The minimum absolute atomic E-state index is 0.798. The summed E-state index contributed by atoms with van der Waals surface area (Å²) in [6.07, 6.45) is 3.76. The van der Waals surface area contributed by atoms with Crippen LogP contribution in [0.4, 0.5) is 34.1 Å². The molecule has 11 rings (SSSR count). The van der Waals surface area contributed by atoms with Crippen LogP contribution in [0.15, 0.2) is 219 Å². The molecule has 0 saturated heterocycles. The third-order valence-corrected chi connectivity index (χ3v) is 11.1. The highest BCUT2D eigenvalue weighted by Crippen LogP contribution is 2.40. The predicted octanol–water partition coefficient (Wildman–Crippen LogP) is 14.2. The first-order chi connectivity index (χ1) is 29.8. The van der Waals surface area contributed by atoms with Crippen molar-refractivity contribution in [3.63, 3.8) is 0 Å². The Morgan fingerprint density at radius 1 is 0.300 bits per heavy atom. The summed E-state index contributed by atoms with van der Waals surface area (Å²) in [5.41, 5.74) is 15.5. The molecule has 3 aromatic heterocycles.